The topological polar surface area (TPSA) is 92.4 Å². The highest BCUT2D eigenvalue weighted by Gasteiger charge is 2.04. The van der Waals surface area contributed by atoms with Gasteiger partial charge in [-0.25, -0.2) is 5.14 Å². The molecule has 4 N–H and O–H groups in total. The van der Waals surface area contributed by atoms with Gasteiger partial charge in [0.15, 0.2) is 0 Å². The largest absolute Gasteiger partial charge is 0.395 e. The van der Waals surface area contributed by atoms with Crippen molar-refractivity contribution in [3.8, 4) is 11.8 Å². The van der Waals surface area contributed by atoms with Gasteiger partial charge in [0.1, 0.15) is 0 Å². The minimum atomic E-state index is -3.75. The second-order valence-electron chi connectivity index (χ2n) is 3.45. The van der Waals surface area contributed by atoms with Gasteiger partial charge in [-0.3, -0.25) is 4.72 Å². The van der Waals surface area contributed by atoms with E-state index in [1.165, 1.54) is 0 Å². The number of benzene rings is 1. The highest BCUT2D eigenvalue weighted by Crippen LogP contribution is 2.16. The van der Waals surface area contributed by atoms with Gasteiger partial charge in [0.05, 0.1) is 12.3 Å². The van der Waals surface area contributed by atoms with E-state index >= 15 is 0 Å². The molecule has 92 valence electrons. The number of aliphatic hydroxyl groups excluding tert-OH is 1. The first-order chi connectivity index (χ1) is 7.92. The van der Waals surface area contributed by atoms with Crippen molar-refractivity contribution in [1.29, 1.82) is 0 Å². The highest BCUT2D eigenvalue weighted by atomic mass is 32.2. The van der Waals surface area contributed by atoms with Crippen molar-refractivity contribution in [2.75, 3.05) is 11.3 Å². The molecule has 0 aliphatic heterocycles. The van der Waals surface area contributed by atoms with Crippen LogP contribution in [0.2, 0.25) is 0 Å². The fraction of sp³-hybridized carbons (Fsp3) is 0.273. The van der Waals surface area contributed by atoms with Gasteiger partial charge >= 0.3 is 0 Å². The number of aryl methyl sites for hydroxylation is 1. The molecule has 1 aromatic carbocycles. The van der Waals surface area contributed by atoms with Gasteiger partial charge in [-0.2, -0.15) is 8.42 Å². The van der Waals surface area contributed by atoms with Crippen LogP contribution in [0.5, 0.6) is 0 Å². The van der Waals surface area contributed by atoms with Gasteiger partial charge in [0, 0.05) is 12.0 Å². The zero-order valence-corrected chi connectivity index (χ0v) is 10.2. The first-order valence-corrected chi connectivity index (χ1v) is 6.48. The second kappa shape index (κ2) is 5.68. The summed E-state index contributed by atoms with van der Waals surface area (Å²) in [5.74, 6) is 5.64. The first kappa shape index (κ1) is 13.5. The molecule has 0 unspecified atom stereocenters. The molecule has 0 saturated heterocycles. The van der Waals surface area contributed by atoms with E-state index in [-0.39, 0.29) is 6.61 Å². The molecular formula is C11H14N2O3S. The molecule has 0 aliphatic carbocycles. The number of anilines is 1. The van der Waals surface area contributed by atoms with Crippen LogP contribution in [0, 0.1) is 18.8 Å². The fourth-order valence-electron chi connectivity index (χ4n) is 1.23. The Kier molecular flexibility index (Phi) is 4.52. The molecule has 0 atom stereocenters. The normalized spacial score (nSPS) is 10.5. The van der Waals surface area contributed by atoms with Crippen LogP contribution < -0.4 is 9.86 Å². The van der Waals surface area contributed by atoms with E-state index < -0.39 is 10.2 Å². The number of nitrogens with two attached hydrogens (primary N) is 1. The Labute approximate surface area is 101 Å². The molecule has 0 saturated carbocycles. The third-order valence-electron chi connectivity index (χ3n) is 1.95. The van der Waals surface area contributed by atoms with Crippen molar-refractivity contribution in [2.45, 2.75) is 13.3 Å². The summed E-state index contributed by atoms with van der Waals surface area (Å²) in [6, 6.07) is 5.03. The molecule has 1 rings (SSSR count). The Bertz CT molecular complexity index is 556. The average Bonchev–Trinajstić information content (AvgIpc) is 2.21. The number of aliphatic hydroxyl groups is 1. The third-order valence-corrected chi connectivity index (χ3v) is 2.45. The summed E-state index contributed by atoms with van der Waals surface area (Å²) in [7, 11) is -3.75. The summed E-state index contributed by atoms with van der Waals surface area (Å²) in [5, 5.41) is 13.5. The standard InChI is InChI=1S/C11H14N2O3S/c1-9-8-10(4-2-3-7-14)5-6-11(9)13-17(12,15)16/h5-6,8,13-14H,3,7H2,1H3,(H2,12,15,16). The summed E-state index contributed by atoms with van der Waals surface area (Å²) in [6.45, 7) is 1.78. The molecule has 0 aromatic heterocycles. The molecule has 0 radical (unpaired) electrons. The van der Waals surface area contributed by atoms with Crippen molar-refractivity contribution in [3.63, 3.8) is 0 Å². The van der Waals surface area contributed by atoms with E-state index in [9.17, 15) is 8.42 Å². The monoisotopic (exact) mass is 254 g/mol. The summed E-state index contributed by atoms with van der Waals surface area (Å²) in [6.07, 6.45) is 0.413. The lowest BCUT2D eigenvalue weighted by molar-refractivity contribution is 0.305. The van der Waals surface area contributed by atoms with E-state index in [4.69, 9.17) is 10.2 Å². The Hall–Kier alpha value is -1.55. The summed E-state index contributed by atoms with van der Waals surface area (Å²) >= 11 is 0. The van der Waals surface area contributed by atoms with Gasteiger partial charge < -0.3 is 5.11 Å². The molecule has 5 nitrogen and oxygen atoms in total. The Morgan fingerprint density at radius 1 is 1.47 bits per heavy atom. The third kappa shape index (κ3) is 4.87. The first-order valence-electron chi connectivity index (χ1n) is 4.93. The molecule has 0 amide bonds. The molecule has 0 heterocycles. The minimum Gasteiger partial charge on any atom is -0.395 e. The van der Waals surface area contributed by atoms with Crippen LogP contribution in [-0.4, -0.2) is 20.1 Å². The predicted molar refractivity (Wildman–Crippen MR) is 66.5 cm³/mol. The molecule has 0 aliphatic rings. The summed E-state index contributed by atoms with van der Waals surface area (Å²) < 4.78 is 23.9. The van der Waals surface area contributed by atoms with Crippen molar-refractivity contribution >= 4 is 15.9 Å². The predicted octanol–water partition coefficient (Wildman–Crippen LogP) is 0.344. The van der Waals surface area contributed by atoms with E-state index in [0.29, 0.717) is 12.1 Å². The van der Waals surface area contributed by atoms with Crippen LogP contribution >= 0.6 is 0 Å². The van der Waals surface area contributed by atoms with Crippen molar-refractivity contribution in [1.82, 2.24) is 0 Å². The molecule has 0 fully saturated rings. The van der Waals surface area contributed by atoms with Crippen molar-refractivity contribution in [3.05, 3.63) is 29.3 Å². The summed E-state index contributed by atoms with van der Waals surface area (Å²) in [5.41, 5.74) is 1.92. The van der Waals surface area contributed by atoms with Gasteiger partial charge in [-0.1, -0.05) is 11.8 Å². The number of rotatable bonds is 3. The molecule has 17 heavy (non-hydrogen) atoms. The van der Waals surface area contributed by atoms with Gasteiger partial charge in [0.25, 0.3) is 10.2 Å². The van der Waals surface area contributed by atoms with E-state index in [1.807, 2.05) is 0 Å². The molecule has 0 spiro atoms. The van der Waals surface area contributed by atoms with Crippen LogP contribution in [0.4, 0.5) is 5.69 Å². The average molecular weight is 254 g/mol. The van der Waals surface area contributed by atoms with Gasteiger partial charge in [-0.05, 0) is 30.7 Å². The highest BCUT2D eigenvalue weighted by molar-refractivity contribution is 7.90. The van der Waals surface area contributed by atoms with Crippen LogP contribution in [0.1, 0.15) is 17.5 Å². The maximum absolute atomic E-state index is 10.9. The lowest BCUT2D eigenvalue weighted by atomic mass is 10.1. The lowest BCUT2D eigenvalue weighted by Crippen LogP contribution is -2.22. The van der Waals surface area contributed by atoms with Crippen molar-refractivity contribution in [2.24, 2.45) is 5.14 Å². The van der Waals surface area contributed by atoms with Crippen LogP contribution in [-0.2, 0) is 10.2 Å². The van der Waals surface area contributed by atoms with Crippen LogP contribution in [0.15, 0.2) is 18.2 Å². The number of hydrogen-bond acceptors (Lipinski definition) is 3. The van der Waals surface area contributed by atoms with E-state index in [1.54, 1.807) is 25.1 Å². The fourth-order valence-corrected chi connectivity index (χ4v) is 1.77. The summed E-state index contributed by atoms with van der Waals surface area (Å²) in [4.78, 5) is 0. The quantitative estimate of drug-likeness (QED) is 0.679. The number of nitrogens with one attached hydrogen (secondary N) is 1. The van der Waals surface area contributed by atoms with Gasteiger partial charge in [0.2, 0.25) is 0 Å². The zero-order valence-electron chi connectivity index (χ0n) is 9.40. The lowest BCUT2D eigenvalue weighted by Gasteiger charge is -2.07. The Morgan fingerprint density at radius 2 is 2.18 bits per heavy atom. The molecule has 1 aromatic rings. The molecular weight excluding hydrogens is 240 g/mol. The smallest absolute Gasteiger partial charge is 0.296 e. The maximum Gasteiger partial charge on any atom is 0.296 e. The number of hydrogen-bond donors (Lipinski definition) is 3. The Morgan fingerprint density at radius 3 is 2.71 bits per heavy atom. The second-order valence-corrected chi connectivity index (χ2v) is 4.75. The zero-order chi connectivity index (χ0) is 12.9. The SMILES string of the molecule is Cc1cc(C#CCCO)ccc1NS(N)(=O)=O. The Balaban J connectivity index is 2.91. The van der Waals surface area contributed by atoms with E-state index in [2.05, 4.69) is 16.6 Å². The molecule has 6 heteroatoms. The minimum absolute atomic E-state index is 0.0248. The molecule has 0 bridgehead atoms. The van der Waals surface area contributed by atoms with Crippen LogP contribution in [0.25, 0.3) is 0 Å². The van der Waals surface area contributed by atoms with Crippen LogP contribution in [0.3, 0.4) is 0 Å². The van der Waals surface area contributed by atoms with E-state index in [0.717, 1.165) is 11.1 Å². The van der Waals surface area contributed by atoms with Crippen molar-refractivity contribution < 1.29 is 13.5 Å². The van der Waals surface area contributed by atoms with Gasteiger partial charge in [-0.15, -0.1) is 0 Å². The maximum atomic E-state index is 10.9.